The van der Waals surface area contributed by atoms with Gasteiger partial charge in [0.25, 0.3) is 11.8 Å². The number of hydrogen-bond acceptors (Lipinski definition) is 10. The van der Waals surface area contributed by atoms with E-state index in [1.807, 2.05) is 4.90 Å². The summed E-state index contributed by atoms with van der Waals surface area (Å²) in [7, 11) is 0. The van der Waals surface area contributed by atoms with Crippen LogP contribution in [0, 0.1) is 0 Å². The number of carbonyl (C=O) groups excluding carboxylic acids is 2. The van der Waals surface area contributed by atoms with E-state index in [9.17, 15) is 9.59 Å². The monoisotopic (exact) mass is 605 g/mol. The van der Waals surface area contributed by atoms with Crippen LogP contribution in [0.1, 0.15) is 60.4 Å². The maximum absolute atomic E-state index is 13.1. The van der Waals surface area contributed by atoms with Gasteiger partial charge in [0, 0.05) is 51.4 Å². The Kier molecular flexibility index (Phi) is 10.1. The Balaban J connectivity index is 1.41. The molecule has 4 rings (SSSR count). The summed E-state index contributed by atoms with van der Waals surface area (Å²) in [6.45, 7) is 7.80. The van der Waals surface area contributed by atoms with Gasteiger partial charge in [-0.15, -0.1) is 0 Å². The second kappa shape index (κ2) is 13.5. The zero-order chi connectivity index (χ0) is 29.7. The third kappa shape index (κ3) is 7.08. The molecule has 0 spiro atoms. The number of likely N-dealkylation sites (tertiary alicyclic amines) is 1. The van der Waals surface area contributed by atoms with E-state index in [0.29, 0.717) is 50.1 Å². The van der Waals surface area contributed by atoms with Gasteiger partial charge in [-0.25, -0.2) is 15.0 Å². The average molecular weight is 607 g/mol. The highest BCUT2D eigenvalue weighted by Gasteiger charge is 2.36. The van der Waals surface area contributed by atoms with Gasteiger partial charge in [-0.3, -0.25) is 24.8 Å². The third-order valence-electron chi connectivity index (χ3n) is 7.44. The van der Waals surface area contributed by atoms with Crippen LogP contribution in [-0.2, 0) is 0 Å². The van der Waals surface area contributed by atoms with Crippen molar-refractivity contribution < 1.29 is 9.59 Å². The summed E-state index contributed by atoms with van der Waals surface area (Å²) < 4.78 is 0. The number of guanidine groups is 1. The molecule has 2 fully saturated rings. The van der Waals surface area contributed by atoms with Crippen molar-refractivity contribution in [2.24, 2.45) is 10.7 Å². The lowest BCUT2D eigenvalue weighted by molar-refractivity contribution is 0.0481. The lowest BCUT2D eigenvalue weighted by Crippen LogP contribution is -2.59. The van der Waals surface area contributed by atoms with Gasteiger partial charge in [-0.2, -0.15) is 0 Å². The summed E-state index contributed by atoms with van der Waals surface area (Å²) in [4.78, 5) is 48.7. The fourth-order valence-corrected chi connectivity index (χ4v) is 5.91. The lowest BCUT2D eigenvalue weighted by atomic mass is 9.97. The molecule has 2 aromatic heterocycles. The van der Waals surface area contributed by atoms with E-state index in [-0.39, 0.29) is 45.5 Å². The van der Waals surface area contributed by atoms with Gasteiger partial charge < -0.3 is 27.0 Å². The highest BCUT2D eigenvalue weighted by Crippen LogP contribution is 2.30. The summed E-state index contributed by atoms with van der Waals surface area (Å²) >= 11 is 12.4. The Morgan fingerprint density at radius 3 is 2.44 bits per heavy atom. The smallest absolute Gasteiger partial charge is 0.280 e. The van der Waals surface area contributed by atoms with E-state index in [2.05, 4.69) is 42.0 Å². The molecule has 7 N–H and O–H groups in total. The maximum Gasteiger partial charge on any atom is 0.280 e. The van der Waals surface area contributed by atoms with Gasteiger partial charge in [-0.1, -0.05) is 36.5 Å². The van der Waals surface area contributed by atoms with Gasteiger partial charge >= 0.3 is 0 Å². The third-order valence-corrected chi connectivity index (χ3v) is 7.90. The molecule has 0 radical (unpaired) electrons. The minimum Gasteiger partial charge on any atom is -0.383 e. The number of aromatic nitrogens is 3. The molecule has 2 aliphatic rings. The maximum atomic E-state index is 13.1. The molecule has 15 heteroatoms. The number of nitrogen functional groups attached to an aromatic ring is 2. The second-order valence-electron chi connectivity index (χ2n) is 10.1. The van der Waals surface area contributed by atoms with E-state index in [1.54, 1.807) is 19.1 Å². The topological polar surface area (TPSA) is 185 Å². The first kappa shape index (κ1) is 30.5. The molecule has 0 aliphatic carbocycles. The van der Waals surface area contributed by atoms with Crippen LogP contribution in [0.4, 0.5) is 17.5 Å². The lowest BCUT2D eigenvalue weighted by Gasteiger charge is -2.48. The molecule has 222 valence electrons. The average Bonchev–Trinajstić information content (AvgIpc) is 2.94. The number of piperazine rings is 1. The molecule has 2 saturated heterocycles. The van der Waals surface area contributed by atoms with Crippen molar-refractivity contribution in [3.05, 3.63) is 33.7 Å². The molecular weight excluding hydrogens is 569 g/mol. The van der Waals surface area contributed by atoms with Crippen LogP contribution in [0.15, 0.2) is 17.1 Å². The Morgan fingerprint density at radius 1 is 1.05 bits per heavy atom. The molecule has 0 saturated carbocycles. The van der Waals surface area contributed by atoms with Gasteiger partial charge in [0.05, 0.1) is 5.56 Å². The second-order valence-corrected chi connectivity index (χ2v) is 10.8. The van der Waals surface area contributed by atoms with Gasteiger partial charge in [0.2, 0.25) is 0 Å². The molecular formula is C26H37Cl2N11O2. The van der Waals surface area contributed by atoms with Crippen molar-refractivity contribution in [3.63, 3.8) is 0 Å². The standard InChI is InChI=1S/C26H37Cl2N11O2/c1-3-5-16-14-38(23-20(28)34-19(22(30)35-23)24(40)36-26(31)32-4-2)12-13-39(16)15-8-10-37(11-9-15)25(41)17-6-7-18(27)33-21(17)29/h6-7,15-16H,3-5,8-14H2,1-2H3,(H2,29,33)(H2,30,35)(H3,31,32,36,40)/t16-/m0/s1. The highest BCUT2D eigenvalue weighted by atomic mass is 35.5. The van der Waals surface area contributed by atoms with Crippen molar-refractivity contribution in [1.29, 1.82) is 0 Å². The zero-order valence-electron chi connectivity index (χ0n) is 23.3. The molecule has 0 unspecified atom stereocenters. The van der Waals surface area contributed by atoms with Crippen LogP contribution >= 0.6 is 23.2 Å². The van der Waals surface area contributed by atoms with Gasteiger partial charge in [0.1, 0.15) is 11.0 Å². The van der Waals surface area contributed by atoms with Crippen molar-refractivity contribution in [3.8, 4) is 0 Å². The number of halogens is 2. The number of nitrogens with one attached hydrogen (secondary N) is 1. The minimum absolute atomic E-state index is 0.0289. The van der Waals surface area contributed by atoms with Crippen molar-refractivity contribution in [1.82, 2.24) is 30.1 Å². The predicted octanol–water partition coefficient (Wildman–Crippen LogP) is 2.00. The van der Waals surface area contributed by atoms with Crippen LogP contribution in [-0.4, -0.2) is 93.9 Å². The van der Waals surface area contributed by atoms with Crippen molar-refractivity contribution in [2.45, 2.75) is 51.6 Å². The van der Waals surface area contributed by atoms with E-state index in [1.165, 1.54) is 0 Å². The fraction of sp³-hybridized carbons (Fsp3) is 0.538. The number of anilines is 3. The molecule has 13 nitrogen and oxygen atoms in total. The molecule has 41 heavy (non-hydrogen) atoms. The number of aliphatic imine (C=N–C) groups is 1. The number of rotatable bonds is 7. The molecule has 0 bridgehead atoms. The molecule has 2 aliphatic heterocycles. The molecule has 2 aromatic rings. The van der Waals surface area contributed by atoms with E-state index >= 15 is 0 Å². The number of piperidine rings is 1. The van der Waals surface area contributed by atoms with E-state index in [4.69, 9.17) is 40.4 Å². The van der Waals surface area contributed by atoms with E-state index in [0.717, 1.165) is 32.2 Å². The summed E-state index contributed by atoms with van der Waals surface area (Å²) in [6, 6.07) is 3.80. The molecule has 0 aromatic carbocycles. The number of amides is 2. The Hall–Kier alpha value is -3.42. The predicted molar refractivity (Wildman–Crippen MR) is 161 cm³/mol. The number of nitrogens with two attached hydrogens (primary N) is 3. The SMILES string of the molecule is CCC[C@H]1CN(c2nc(N)c(C(=O)NC(N)=NCC)nc2Cl)CCN1C1CCN(C(=O)c2ccc(Cl)nc2N)CC1. The Morgan fingerprint density at radius 2 is 1.78 bits per heavy atom. The Labute approximate surface area is 249 Å². The van der Waals surface area contributed by atoms with Crippen LogP contribution in [0.5, 0.6) is 0 Å². The van der Waals surface area contributed by atoms with Crippen LogP contribution in [0.25, 0.3) is 0 Å². The normalized spacial score (nSPS) is 18.9. The first-order chi connectivity index (χ1) is 19.6. The van der Waals surface area contributed by atoms with Crippen molar-refractivity contribution in [2.75, 3.05) is 55.6 Å². The number of hydrogen-bond donors (Lipinski definition) is 4. The fourth-order valence-electron chi connectivity index (χ4n) is 5.51. The number of pyridine rings is 1. The largest absolute Gasteiger partial charge is 0.383 e. The molecule has 4 heterocycles. The summed E-state index contributed by atoms with van der Waals surface area (Å²) in [5.41, 5.74) is 18.0. The van der Waals surface area contributed by atoms with Crippen LogP contribution in [0.3, 0.4) is 0 Å². The van der Waals surface area contributed by atoms with Crippen LogP contribution in [0.2, 0.25) is 10.3 Å². The Bertz CT molecular complexity index is 1300. The minimum atomic E-state index is -0.619. The first-order valence-corrected chi connectivity index (χ1v) is 14.5. The summed E-state index contributed by atoms with van der Waals surface area (Å²) in [5, 5.41) is 2.80. The van der Waals surface area contributed by atoms with Crippen molar-refractivity contribution >= 4 is 58.4 Å². The van der Waals surface area contributed by atoms with Crippen LogP contribution < -0.4 is 27.4 Å². The number of nitrogens with zero attached hydrogens (tertiary/aromatic N) is 7. The molecule has 1 atom stereocenters. The number of carbonyl (C=O) groups is 2. The van der Waals surface area contributed by atoms with E-state index < -0.39 is 5.91 Å². The quantitative estimate of drug-likeness (QED) is 0.206. The first-order valence-electron chi connectivity index (χ1n) is 13.8. The summed E-state index contributed by atoms with van der Waals surface area (Å²) in [5.74, 6) is -0.205. The van der Waals surface area contributed by atoms with Gasteiger partial charge in [0.15, 0.2) is 28.4 Å². The molecule has 2 amide bonds. The highest BCUT2D eigenvalue weighted by molar-refractivity contribution is 6.32. The van der Waals surface area contributed by atoms with Gasteiger partial charge in [-0.05, 0) is 38.3 Å². The zero-order valence-corrected chi connectivity index (χ0v) is 24.8. The summed E-state index contributed by atoms with van der Waals surface area (Å²) in [6.07, 6.45) is 3.71.